The molecule has 0 aromatic heterocycles. The SMILES string of the molecule is C=C[C@H]1CN(S(=O)(=O)c2ccc(C)cc2)[C@@H](C=C)c2cc(OC)c(OC)cc21. The van der Waals surface area contributed by atoms with Crippen LogP contribution in [0.1, 0.15) is 28.7 Å². The van der Waals surface area contributed by atoms with E-state index in [1.807, 2.05) is 19.1 Å². The molecule has 2 aromatic carbocycles. The van der Waals surface area contributed by atoms with Crippen LogP contribution in [0.3, 0.4) is 0 Å². The highest BCUT2D eigenvalue weighted by Gasteiger charge is 2.39. The summed E-state index contributed by atoms with van der Waals surface area (Å²) >= 11 is 0. The number of sulfonamides is 1. The fourth-order valence-corrected chi connectivity index (χ4v) is 5.19. The van der Waals surface area contributed by atoms with Crippen molar-refractivity contribution in [3.05, 3.63) is 78.4 Å². The molecule has 5 nitrogen and oxygen atoms in total. The molecule has 0 amide bonds. The van der Waals surface area contributed by atoms with Crippen molar-refractivity contribution in [3.8, 4) is 11.5 Å². The lowest BCUT2D eigenvalue weighted by molar-refractivity contribution is 0.327. The van der Waals surface area contributed by atoms with Crippen LogP contribution >= 0.6 is 0 Å². The van der Waals surface area contributed by atoms with Gasteiger partial charge in [-0.1, -0.05) is 29.8 Å². The number of fused-ring (bicyclic) bond motifs is 1. The fourth-order valence-electron chi connectivity index (χ4n) is 3.59. The summed E-state index contributed by atoms with van der Waals surface area (Å²) < 4.78 is 39.1. The van der Waals surface area contributed by atoms with E-state index >= 15 is 0 Å². The highest BCUT2D eigenvalue weighted by molar-refractivity contribution is 7.89. The summed E-state index contributed by atoms with van der Waals surface area (Å²) in [6.45, 7) is 10.0. The minimum atomic E-state index is -3.72. The van der Waals surface area contributed by atoms with Crippen molar-refractivity contribution in [1.29, 1.82) is 0 Å². The zero-order valence-electron chi connectivity index (χ0n) is 16.4. The van der Waals surface area contributed by atoms with Crippen molar-refractivity contribution in [2.75, 3.05) is 20.8 Å². The Morgan fingerprint density at radius 1 is 1.00 bits per heavy atom. The average molecular weight is 400 g/mol. The van der Waals surface area contributed by atoms with Gasteiger partial charge in [-0.05, 0) is 42.3 Å². The number of nitrogens with zero attached hydrogens (tertiary/aromatic N) is 1. The van der Waals surface area contributed by atoms with Crippen molar-refractivity contribution >= 4 is 10.0 Å². The lowest BCUT2D eigenvalue weighted by Gasteiger charge is -2.38. The molecule has 0 spiro atoms. The van der Waals surface area contributed by atoms with Crippen LogP contribution in [0.5, 0.6) is 11.5 Å². The summed E-state index contributed by atoms with van der Waals surface area (Å²) in [5.41, 5.74) is 2.79. The Morgan fingerprint density at radius 2 is 1.57 bits per heavy atom. The summed E-state index contributed by atoms with van der Waals surface area (Å²) in [5, 5.41) is 0. The van der Waals surface area contributed by atoms with Gasteiger partial charge in [0.15, 0.2) is 11.5 Å². The third-order valence-electron chi connectivity index (χ3n) is 5.13. The minimum absolute atomic E-state index is 0.175. The number of aryl methyl sites for hydroxylation is 1. The molecule has 1 aliphatic heterocycles. The summed E-state index contributed by atoms with van der Waals surface area (Å²) in [7, 11) is -0.583. The summed E-state index contributed by atoms with van der Waals surface area (Å²) in [6, 6.07) is 10.1. The predicted molar refractivity (Wildman–Crippen MR) is 110 cm³/mol. The standard InChI is InChI=1S/C22H25NO4S/c1-6-16-14-23(28(24,25)17-10-8-15(3)9-11-17)20(7-2)19-13-22(27-5)21(26-4)12-18(16)19/h6-13,16,20H,1-2,14H2,3-5H3/t16-,20-/m0/s1. The smallest absolute Gasteiger partial charge is 0.243 e. The van der Waals surface area contributed by atoms with Gasteiger partial charge in [-0.2, -0.15) is 4.31 Å². The molecule has 1 heterocycles. The van der Waals surface area contributed by atoms with Crippen LogP contribution in [-0.4, -0.2) is 33.5 Å². The number of ether oxygens (including phenoxy) is 2. The van der Waals surface area contributed by atoms with E-state index in [4.69, 9.17) is 9.47 Å². The molecule has 6 heteroatoms. The molecular formula is C22H25NO4S. The maximum atomic E-state index is 13.4. The maximum Gasteiger partial charge on any atom is 0.243 e. The molecule has 0 fully saturated rings. The van der Waals surface area contributed by atoms with E-state index in [1.165, 1.54) is 4.31 Å². The van der Waals surface area contributed by atoms with E-state index in [0.717, 1.165) is 16.7 Å². The number of hydrogen-bond donors (Lipinski definition) is 0. The monoisotopic (exact) mass is 399 g/mol. The Balaban J connectivity index is 2.17. The molecule has 3 rings (SSSR count). The van der Waals surface area contributed by atoms with Crippen LogP contribution in [0.25, 0.3) is 0 Å². The summed E-state index contributed by atoms with van der Waals surface area (Å²) in [4.78, 5) is 0.261. The van der Waals surface area contributed by atoms with Gasteiger partial charge in [0.1, 0.15) is 0 Å². The van der Waals surface area contributed by atoms with Crippen LogP contribution in [-0.2, 0) is 10.0 Å². The third kappa shape index (κ3) is 3.34. The molecule has 0 radical (unpaired) electrons. The fraction of sp³-hybridized carbons (Fsp3) is 0.273. The van der Waals surface area contributed by atoms with Crippen LogP contribution in [0.2, 0.25) is 0 Å². The second-order valence-electron chi connectivity index (χ2n) is 6.75. The van der Waals surface area contributed by atoms with Crippen LogP contribution in [0.15, 0.2) is 66.6 Å². The normalized spacial score (nSPS) is 19.5. The Labute approximate surface area is 167 Å². The number of methoxy groups -OCH3 is 2. The van der Waals surface area contributed by atoms with Gasteiger partial charge in [0.25, 0.3) is 0 Å². The van der Waals surface area contributed by atoms with Gasteiger partial charge in [0, 0.05) is 12.5 Å². The van der Waals surface area contributed by atoms with E-state index in [1.54, 1.807) is 50.6 Å². The zero-order chi connectivity index (χ0) is 20.5. The van der Waals surface area contributed by atoms with Crippen molar-refractivity contribution in [3.63, 3.8) is 0 Å². The van der Waals surface area contributed by atoms with E-state index in [2.05, 4.69) is 13.2 Å². The summed E-state index contributed by atoms with van der Waals surface area (Å²) in [6.07, 6.45) is 3.41. The molecule has 0 saturated carbocycles. The van der Waals surface area contributed by atoms with E-state index in [0.29, 0.717) is 11.5 Å². The molecule has 2 aromatic rings. The Bertz CT molecular complexity index is 996. The highest BCUT2D eigenvalue weighted by Crippen LogP contribution is 2.44. The van der Waals surface area contributed by atoms with Gasteiger partial charge in [-0.25, -0.2) is 8.42 Å². The van der Waals surface area contributed by atoms with Gasteiger partial charge >= 0.3 is 0 Å². The lowest BCUT2D eigenvalue weighted by atomic mass is 9.86. The van der Waals surface area contributed by atoms with Crippen molar-refractivity contribution < 1.29 is 17.9 Å². The van der Waals surface area contributed by atoms with Crippen molar-refractivity contribution in [1.82, 2.24) is 4.31 Å². The molecule has 0 unspecified atom stereocenters. The number of hydrogen-bond acceptors (Lipinski definition) is 4. The third-order valence-corrected chi connectivity index (χ3v) is 6.99. The highest BCUT2D eigenvalue weighted by atomic mass is 32.2. The van der Waals surface area contributed by atoms with Crippen molar-refractivity contribution in [2.45, 2.75) is 23.8 Å². The lowest BCUT2D eigenvalue weighted by Crippen LogP contribution is -2.40. The molecule has 0 saturated heterocycles. The maximum absolute atomic E-state index is 13.4. The van der Waals surface area contributed by atoms with E-state index in [9.17, 15) is 8.42 Å². The molecule has 2 atom stereocenters. The predicted octanol–water partition coefficient (Wildman–Crippen LogP) is 4.21. The Hall–Kier alpha value is -2.57. The van der Waals surface area contributed by atoms with Gasteiger partial charge in [0.05, 0.1) is 25.2 Å². The van der Waals surface area contributed by atoms with E-state index < -0.39 is 16.1 Å². The van der Waals surface area contributed by atoms with Gasteiger partial charge in [0.2, 0.25) is 10.0 Å². The molecule has 148 valence electrons. The molecule has 1 aliphatic rings. The van der Waals surface area contributed by atoms with Gasteiger partial charge in [-0.15, -0.1) is 13.2 Å². The molecule has 0 aliphatic carbocycles. The second kappa shape index (κ2) is 7.81. The largest absolute Gasteiger partial charge is 0.493 e. The first kappa shape index (κ1) is 20.2. The first-order chi connectivity index (χ1) is 13.4. The van der Waals surface area contributed by atoms with Crippen LogP contribution < -0.4 is 9.47 Å². The second-order valence-corrected chi connectivity index (χ2v) is 8.64. The first-order valence-electron chi connectivity index (χ1n) is 8.96. The molecule has 28 heavy (non-hydrogen) atoms. The van der Waals surface area contributed by atoms with E-state index in [-0.39, 0.29) is 17.4 Å². The van der Waals surface area contributed by atoms with Gasteiger partial charge in [-0.3, -0.25) is 0 Å². The van der Waals surface area contributed by atoms with Gasteiger partial charge < -0.3 is 9.47 Å². The van der Waals surface area contributed by atoms with Crippen molar-refractivity contribution in [2.24, 2.45) is 0 Å². The molecule has 0 N–H and O–H groups in total. The number of benzene rings is 2. The summed E-state index contributed by atoms with van der Waals surface area (Å²) in [5.74, 6) is 0.975. The topological polar surface area (TPSA) is 55.8 Å². The number of rotatable bonds is 6. The Kier molecular flexibility index (Phi) is 5.63. The minimum Gasteiger partial charge on any atom is -0.493 e. The van der Waals surface area contributed by atoms with Crippen LogP contribution in [0.4, 0.5) is 0 Å². The first-order valence-corrected chi connectivity index (χ1v) is 10.4. The molecule has 0 bridgehead atoms. The zero-order valence-corrected chi connectivity index (χ0v) is 17.2. The quantitative estimate of drug-likeness (QED) is 0.683. The molecular weight excluding hydrogens is 374 g/mol. The average Bonchev–Trinajstić information content (AvgIpc) is 2.71. The Morgan fingerprint density at radius 3 is 2.07 bits per heavy atom. The van der Waals surface area contributed by atoms with Crippen LogP contribution in [0, 0.1) is 6.92 Å².